The summed E-state index contributed by atoms with van der Waals surface area (Å²) in [6.07, 6.45) is 1.28. The molecular weight excluding hydrogens is 176 g/mol. The topological polar surface area (TPSA) is 41.1 Å². The van der Waals surface area contributed by atoms with Gasteiger partial charge >= 0.3 is 0 Å². The van der Waals surface area contributed by atoms with Crippen molar-refractivity contribution in [3.63, 3.8) is 0 Å². The molecule has 1 aromatic carbocycles. The van der Waals surface area contributed by atoms with Crippen molar-refractivity contribution in [2.75, 3.05) is 5.32 Å². The molecule has 0 atom stereocenters. The fourth-order valence-electron chi connectivity index (χ4n) is 1.63. The molecule has 0 radical (unpaired) electrons. The first-order valence-corrected chi connectivity index (χ1v) is 4.56. The van der Waals surface area contributed by atoms with Crippen LogP contribution in [0, 0.1) is 0 Å². The van der Waals surface area contributed by atoms with Crippen LogP contribution in [0.15, 0.2) is 30.9 Å². The molecule has 0 aliphatic carbocycles. The Balaban J connectivity index is 2.30. The second kappa shape index (κ2) is 3.64. The van der Waals surface area contributed by atoms with Gasteiger partial charge in [-0.15, -0.1) is 0 Å². The van der Waals surface area contributed by atoms with Gasteiger partial charge in [0.15, 0.2) is 0 Å². The summed E-state index contributed by atoms with van der Waals surface area (Å²) in [6.45, 7) is 5.13. The molecule has 1 amide bonds. The lowest BCUT2D eigenvalue weighted by atomic mass is 10.1. The molecule has 14 heavy (non-hydrogen) atoms. The van der Waals surface area contributed by atoms with Crippen LogP contribution in [0.5, 0.6) is 0 Å². The van der Waals surface area contributed by atoms with Gasteiger partial charge in [0.05, 0.1) is 0 Å². The normalized spacial score (nSPS) is 13.4. The van der Waals surface area contributed by atoms with Gasteiger partial charge < -0.3 is 10.6 Å². The Kier molecular flexibility index (Phi) is 2.33. The molecule has 3 heteroatoms. The van der Waals surface area contributed by atoms with E-state index < -0.39 is 0 Å². The van der Waals surface area contributed by atoms with Crippen molar-refractivity contribution < 1.29 is 4.79 Å². The summed E-state index contributed by atoms with van der Waals surface area (Å²) in [4.78, 5) is 11.1. The average molecular weight is 188 g/mol. The SMILES string of the molecule is C=CC(=O)Nc1cccc2c1CNC2. The Morgan fingerprint density at radius 3 is 3.14 bits per heavy atom. The highest BCUT2D eigenvalue weighted by Gasteiger charge is 2.13. The predicted molar refractivity (Wildman–Crippen MR) is 55.8 cm³/mol. The molecule has 1 aliphatic rings. The summed E-state index contributed by atoms with van der Waals surface area (Å²) < 4.78 is 0. The van der Waals surface area contributed by atoms with E-state index in [0.29, 0.717) is 0 Å². The van der Waals surface area contributed by atoms with Crippen molar-refractivity contribution >= 4 is 11.6 Å². The largest absolute Gasteiger partial charge is 0.322 e. The van der Waals surface area contributed by atoms with Gasteiger partial charge in [0, 0.05) is 18.8 Å². The van der Waals surface area contributed by atoms with E-state index in [9.17, 15) is 4.79 Å². The number of fused-ring (bicyclic) bond motifs is 1. The molecule has 0 saturated heterocycles. The quantitative estimate of drug-likeness (QED) is 0.689. The minimum atomic E-state index is -0.162. The van der Waals surface area contributed by atoms with E-state index in [1.165, 1.54) is 17.2 Å². The van der Waals surface area contributed by atoms with Gasteiger partial charge in [-0.2, -0.15) is 0 Å². The van der Waals surface area contributed by atoms with E-state index in [0.717, 1.165) is 18.8 Å². The maximum absolute atomic E-state index is 11.1. The molecule has 0 spiro atoms. The minimum absolute atomic E-state index is 0.162. The fraction of sp³-hybridized carbons (Fsp3) is 0.182. The van der Waals surface area contributed by atoms with Crippen LogP contribution in [-0.4, -0.2) is 5.91 Å². The second-order valence-corrected chi connectivity index (χ2v) is 3.24. The number of nitrogens with one attached hydrogen (secondary N) is 2. The van der Waals surface area contributed by atoms with E-state index in [-0.39, 0.29) is 5.91 Å². The molecule has 0 fully saturated rings. The van der Waals surface area contributed by atoms with E-state index >= 15 is 0 Å². The Morgan fingerprint density at radius 2 is 2.36 bits per heavy atom. The number of hydrogen-bond donors (Lipinski definition) is 2. The molecule has 0 unspecified atom stereocenters. The first-order valence-electron chi connectivity index (χ1n) is 4.56. The van der Waals surface area contributed by atoms with Crippen LogP contribution in [0.3, 0.4) is 0 Å². The van der Waals surface area contributed by atoms with Crippen LogP contribution in [0.25, 0.3) is 0 Å². The van der Waals surface area contributed by atoms with Crippen molar-refractivity contribution in [2.24, 2.45) is 0 Å². The predicted octanol–water partition coefficient (Wildman–Crippen LogP) is 1.41. The zero-order valence-electron chi connectivity index (χ0n) is 7.84. The summed E-state index contributed by atoms with van der Waals surface area (Å²) in [5.41, 5.74) is 3.33. The summed E-state index contributed by atoms with van der Waals surface area (Å²) >= 11 is 0. The zero-order valence-corrected chi connectivity index (χ0v) is 7.84. The van der Waals surface area contributed by atoms with Crippen LogP contribution in [0.2, 0.25) is 0 Å². The molecule has 0 saturated carbocycles. The molecule has 3 nitrogen and oxygen atoms in total. The molecule has 72 valence electrons. The smallest absolute Gasteiger partial charge is 0.247 e. The van der Waals surface area contributed by atoms with Crippen molar-refractivity contribution in [2.45, 2.75) is 13.1 Å². The first-order chi connectivity index (χ1) is 6.81. The lowest BCUT2D eigenvalue weighted by molar-refractivity contribution is -0.111. The molecular formula is C11H12N2O. The Hall–Kier alpha value is -1.61. The molecule has 1 aromatic rings. The summed E-state index contributed by atoms with van der Waals surface area (Å²) in [6, 6.07) is 5.93. The average Bonchev–Trinajstić information content (AvgIpc) is 2.66. The Labute approximate surface area is 82.8 Å². The monoisotopic (exact) mass is 188 g/mol. The van der Waals surface area contributed by atoms with Crippen LogP contribution in [0.4, 0.5) is 5.69 Å². The third kappa shape index (κ3) is 1.54. The lowest BCUT2D eigenvalue weighted by Crippen LogP contribution is -2.09. The number of amides is 1. The highest BCUT2D eigenvalue weighted by atomic mass is 16.1. The highest BCUT2D eigenvalue weighted by Crippen LogP contribution is 2.23. The molecule has 1 heterocycles. The van der Waals surface area contributed by atoms with Crippen LogP contribution < -0.4 is 10.6 Å². The standard InChI is InChI=1S/C11H12N2O/c1-2-11(14)13-10-5-3-4-8-6-12-7-9(8)10/h2-5,12H,1,6-7H2,(H,13,14). The van der Waals surface area contributed by atoms with E-state index in [4.69, 9.17) is 0 Å². The fourth-order valence-corrected chi connectivity index (χ4v) is 1.63. The number of benzene rings is 1. The van der Waals surface area contributed by atoms with Crippen molar-refractivity contribution in [1.29, 1.82) is 0 Å². The maximum atomic E-state index is 11.1. The van der Waals surface area contributed by atoms with Gasteiger partial charge in [0.25, 0.3) is 0 Å². The van der Waals surface area contributed by atoms with Crippen LogP contribution in [0.1, 0.15) is 11.1 Å². The van der Waals surface area contributed by atoms with E-state index in [1.54, 1.807) is 0 Å². The zero-order chi connectivity index (χ0) is 9.97. The summed E-state index contributed by atoms with van der Waals surface area (Å²) in [5.74, 6) is -0.162. The second-order valence-electron chi connectivity index (χ2n) is 3.24. The number of carbonyl (C=O) groups excluding carboxylic acids is 1. The minimum Gasteiger partial charge on any atom is -0.322 e. The van der Waals surface area contributed by atoms with Crippen LogP contribution >= 0.6 is 0 Å². The Bertz CT molecular complexity index is 385. The van der Waals surface area contributed by atoms with Gasteiger partial charge in [0.2, 0.25) is 5.91 Å². The van der Waals surface area contributed by atoms with Crippen molar-refractivity contribution in [3.8, 4) is 0 Å². The lowest BCUT2D eigenvalue weighted by Gasteiger charge is -2.07. The van der Waals surface area contributed by atoms with E-state index in [1.807, 2.05) is 12.1 Å². The van der Waals surface area contributed by atoms with Crippen LogP contribution in [-0.2, 0) is 17.9 Å². The summed E-state index contributed by atoms with van der Waals surface area (Å²) in [5, 5.41) is 6.04. The molecule has 2 N–H and O–H groups in total. The van der Waals surface area contributed by atoms with Gasteiger partial charge in [-0.05, 0) is 23.3 Å². The Morgan fingerprint density at radius 1 is 1.50 bits per heavy atom. The molecule has 2 rings (SSSR count). The number of rotatable bonds is 2. The van der Waals surface area contributed by atoms with Crippen molar-refractivity contribution in [3.05, 3.63) is 42.0 Å². The first kappa shape index (κ1) is 8.97. The number of anilines is 1. The maximum Gasteiger partial charge on any atom is 0.247 e. The van der Waals surface area contributed by atoms with E-state index in [2.05, 4.69) is 23.3 Å². The third-order valence-electron chi connectivity index (χ3n) is 2.33. The highest BCUT2D eigenvalue weighted by molar-refractivity contribution is 5.99. The number of hydrogen-bond acceptors (Lipinski definition) is 2. The summed E-state index contributed by atoms with van der Waals surface area (Å²) in [7, 11) is 0. The molecule has 0 aromatic heterocycles. The van der Waals surface area contributed by atoms with Gasteiger partial charge in [-0.25, -0.2) is 0 Å². The third-order valence-corrected chi connectivity index (χ3v) is 2.33. The van der Waals surface area contributed by atoms with Gasteiger partial charge in [0.1, 0.15) is 0 Å². The molecule has 0 bridgehead atoms. The van der Waals surface area contributed by atoms with Gasteiger partial charge in [-0.1, -0.05) is 18.7 Å². The van der Waals surface area contributed by atoms with Crippen molar-refractivity contribution in [1.82, 2.24) is 5.32 Å². The molecule has 1 aliphatic heterocycles. The van der Waals surface area contributed by atoms with Gasteiger partial charge in [-0.3, -0.25) is 4.79 Å². The number of carbonyl (C=O) groups is 1.